The summed E-state index contributed by atoms with van der Waals surface area (Å²) in [5.41, 5.74) is 0. The summed E-state index contributed by atoms with van der Waals surface area (Å²) in [6, 6.07) is 0. The zero-order chi connectivity index (χ0) is 12.8. The number of aliphatic hydroxyl groups excluding tert-OH is 1. The molecule has 0 saturated heterocycles. The molecule has 0 spiro atoms. The van der Waals surface area contributed by atoms with Crippen molar-refractivity contribution in [3.8, 4) is 0 Å². The summed E-state index contributed by atoms with van der Waals surface area (Å²) in [5.74, 6) is -1.05. The molecule has 16 heavy (non-hydrogen) atoms. The van der Waals surface area contributed by atoms with E-state index in [4.69, 9.17) is 9.05 Å². The van der Waals surface area contributed by atoms with Gasteiger partial charge in [0, 0.05) is 5.33 Å². The van der Waals surface area contributed by atoms with E-state index in [0.29, 0.717) is 6.42 Å². The van der Waals surface area contributed by atoms with Crippen molar-refractivity contribution < 1.29 is 18.7 Å². The van der Waals surface area contributed by atoms with Gasteiger partial charge in [-0.05, 0) is 40.5 Å². The van der Waals surface area contributed by atoms with Crippen LogP contribution in [-0.2, 0) is 13.6 Å². The highest BCUT2D eigenvalue weighted by Gasteiger charge is 2.36. The Morgan fingerprint density at radius 1 is 1.19 bits per heavy atom. The maximum Gasteiger partial charge on any atom is 0.359 e. The third kappa shape index (κ3) is 6.36. The van der Waals surface area contributed by atoms with Gasteiger partial charge in [0.1, 0.15) is 0 Å². The summed E-state index contributed by atoms with van der Waals surface area (Å²) in [5, 5.41) is 10.6. The minimum absolute atomic E-state index is 0.233. The Bertz CT molecular complexity index is 219. The van der Waals surface area contributed by atoms with Crippen molar-refractivity contribution in [3.05, 3.63) is 0 Å². The van der Waals surface area contributed by atoms with Gasteiger partial charge < -0.3 is 14.2 Å². The molecule has 0 saturated carbocycles. The predicted molar refractivity (Wildman–Crippen MR) is 69.1 cm³/mol. The first-order valence-electron chi connectivity index (χ1n) is 5.52. The fraction of sp³-hybridized carbons (Fsp3) is 1.00. The molecule has 0 amide bonds. The molecule has 0 aromatic rings. The van der Waals surface area contributed by atoms with E-state index in [1.807, 2.05) is 0 Å². The van der Waals surface area contributed by atoms with E-state index in [0.717, 1.165) is 11.8 Å². The summed E-state index contributed by atoms with van der Waals surface area (Å²) in [4.78, 5) is 0. The van der Waals surface area contributed by atoms with Gasteiger partial charge in [-0.1, -0.05) is 15.9 Å². The SMILES string of the molecule is CC(C)OP(=O)(OC(C)C)[C@@H](O)CCCBr. The lowest BCUT2D eigenvalue weighted by atomic mass is 10.4. The Morgan fingerprint density at radius 3 is 1.94 bits per heavy atom. The third-order valence-electron chi connectivity index (χ3n) is 1.68. The zero-order valence-electron chi connectivity index (χ0n) is 10.4. The van der Waals surface area contributed by atoms with Crippen molar-refractivity contribution in [3.63, 3.8) is 0 Å². The molecular weight excluding hydrogens is 295 g/mol. The molecule has 1 atom stereocenters. The van der Waals surface area contributed by atoms with Gasteiger partial charge in [0.15, 0.2) is 5.85 Å². The summed E-state index contributed by atoms with van der Waals surface area (Å²) >= 11 is 3.26. The molecule has 0 aliphatic rings. The quantitative estimate of drug-likeness (QED) is 0.550. The predicted octanol–water partition coefficient (Wildman–Crippen LogP) is 3.52. The highest BCUT2D eigenvalue weighted by atomic mass is 79.9. The monoisotopic (exact) mass is 316 g/mol. The van der Waals surface area contributed by atoms with Crippen LogP contribution in [-0.4, -0.2) is 28.5 Å². The van der Waals surface area contributed by atoms with Gasteiger partial charge in [-0.3, -0.25) is 4.57 Å². The summed E-state index contributed by atoms with van der Waals surface area (Å²) in [6.07, 6.45) is 0.669. The lowest BCUT2D eigenvalue weighted by Gasteiger charge is -2.26. The van der Waals surface area contributed by atoms with E-state index >= 15 is 0 Å². The second-order valence-electron chi connectivity index (χ2n) is 4.16. The molecule has 0 unspecified atom stereocenters. The zero-order valence-corrected chi connectivity index (χ0v) is 12.8. The van der Waals surface area contributed by atoms with Gasteiger partial charge in [0.05, 0.1) is 12.2 Å². The van der Waals surface area contributed by atoms with Gasteiger partial charge in [-0.25, -0.2) is 0 Å². The number of aliphatic hydroxyl groups is 1. The first kappa shape index (κ1) is 16.6. The van der Waals surface area contributed by atoms with Gasteiger partial charge in [0.25, 0.3) is 0 Å². The van der Waals surface area contributed by atoms with Crippen LogP contribution in [0.25, 0.3) is 0 Å². The smallest absolute Gasteiger partial charge is 0.359 e. The number of alkyl halides is 1. The lowest BCUT2D eigenvalue weighted by molar-refractivity contribution is 0.0980. The minimum atomic E-state index is -3.42. The number of rotatable bonds is 8. The van der Waals surface area contributed by atoms with Crippen LogP contribution in [0.5, 0.6) is 0 Å². The van der Waals surface area contributed by atoms with Crippen LogP contribution in [0.2, 0.25) is 0 Å². The van der Waals surface area contributed by atoms with Crippen LogP contribution in [0.4, 0.5) is 0 Å². The summed E-state index contributed by atoms with van der Waals surface area (Å²) in [7, 11) is -3.42. The Balaban J connectivity index is 4.56. The van der Waals surface area contributed by atoms with Crippen LogP contribution in [0.3, 0.4) is 0 Å². The Morgan fingerprint density at radius 2 is 1.62 bits per heavy atom. The van der Waals surface area contributed by atoms with Crippen molar-refractivity contribution >= 4 is 23.5 Å². The highest BCUT2D eigenvalue weighted by Crippen LogP contribution is 2.55. The maximum atomic E-state index is 12.3. The topological polar surface area (TPSA) is 55.8 Å². The average molecular weight is 317 g/mol. The van der Waals surface area contributed by atoms with Crippen LogP contribution in [0, 0.1) is 0 Å². The molecule has 0 fully saturated rings. The first-order chi connectivity index (χ1) is 7.31. The van der Waals surface area contributed by atoms with E-state index < -0.39 is 13.4 Å². The van der Waals surface area contributed by atoms with Crippen LogP contribution < -0.4 is 0 Å². The van der Waals surface area contributed by atoms with Crippen molar-refractivity contribution in [1.29, 1.82) is 0 Å². The molecule has 0 aromatic heterocycles. The van der Waals surface area contributed by atoms with Gasteiger partial charge in [-0.2, -0.15) is 0 Å². The van der Waals surface area contributed by atoms with E-state index in [1.165, 1.54) is 0 Å². The normalized spacial score (nSPS) is 14.8. The molecule has 1 N–H and O–H groups in total. The molecule has 0 aliphatic carbocycles. The van der Waals surface area contributed by atoms with Crippen molar-refractivity contribution in [2.75, 3.05) is 5.33 Å². The highest BCUT2D eigenvalue weighted by molar-refractivity contribution is 9.09. The second-order valence-corrected chi connectivity index (χ2v) is 7.05. The van der Waals surface area contributed by atoms with Gasteiger partial charge in [0.2, 0.25) is 0 Å². The third-order valence-corrected chi connectivity index (χ3v) is 4.66. The lowest BCUT2D eigenvalue weighted by Crippen LogP contribution is -2.18. The van der Waals surface area contributed by atoms with Crippen LogP contribution in [0.15, 0.2) is 0 Å². The Hall–Kier alpha value is 0.590. The number of halogens is 1. The summed E-state index contributed by atoms with van der Waals surface area (Å²) in [6.45, 7) is 7.09. The van der Waals surface area contributed by atoms with E-state index in [9.17, 15) is 9.67 Å². The molecule has 0 bridgehead atoms. The molecule has 0 aromatic carbocycles. The average Bonchev–Trinajstić information content (AvgIpc) is 2.11. The molecule has 0 radical (unpaired) electrons. The first-order valence-corrected chi connectivity index (χ1v) is 8.25. The fourth-order valence-corrected chi connectivity index (χ4v) is 3.50. The van der Waals surface area contributed by atoms with Crippen LogP contribution in [0.1, 0.15) is 40.5 Å². The van der Waals surface area contributed by atoms with Crippen molar-refractivity contribution in [2.24, 2.45) is 0 Å². The number of hydrogen-bond acceptors (Lipinski definition) is 4. The van der Waals surface area contributed by atoms with E-state index in [2.05, 4.69) is 15.9 Å². The number of hydrogen-bond donors (Lipinski definition) is 1. The Kier molecular flexibility index (Phi) is 8.12. The molecule has 0 rings (SSSR count). The van der Waals surface area contributed by atoms with Gasteiger partial charge >= 0.3 is 7.60 Å². The molecule has 0 heterocycles. The second kappa shape index (κ2) is 7.83. The Labute approximate surface area is 106 Å². The molecule has 4 nitrogen and oxygen atoms in total. The molecule has 6 heteroatoms. The van der Waals surface area contributed by atoms with Gasteiger partial charge in [-0.15, -0.1) is 0 Å². The molecule has 98 valence electrons. The molecular formula is C10H22BrO4P. The van der Waals surface area contributed by atoms with E-state index in [1.54, 1.807) is 27.7 Å². The summed E-state index contributed by atoms with van der Waals surface area (Å²) < 4.78 is 22.9. The van der Waals surface area contributed by atoms with Crippen molar-refractivity contribution in [1.82, 2.24) is 0 Å². The fourth-order valence-electron chi connectivity index (χ4n) is 1.17. The maximum absolute atomic E-state index is 12.3. The van der Waals surface area contributed by atoms with E-state index in [-0.39, 0.29) is 12.2 Å². The largest absolute Gasteiger partial charge is 0.380 e. The standard InChI is InChI=1S/C10H22BrO4P/c1-8(2)14-16(13,15-9(3)4)10(12)6-5-7-11/h8-10,12H,5-7H2,1-4H3/t10-/m1/s1. The van der Waals surface area contributed by atoms with Crippen LogP contribution >= 0.6 is 23.5 Å². The van der Waals surface area contributed by atoms with Crippen molar-refractivity contribution in [2.45, 2.75) is 58.6 Å². The molecule has 0 aliphatic heterocycles. The minimum Gasteiger partial charge on any atom is -0.380 e.